The zero-order valence-corrected chi connectivity index (χ0v) is 23.4. The third kappa shape index (κ3) is 6.35. The Morgan fingerprint density at radius 1 is 1.20 bits per heavy atom. The number of rotatable bonds is 9. The van der Waals surface area contributed by atoms with Crippen molar-refractivity contribution in [2.45, 2.75) is 32.4 Å². The molecule has 2 aromatic heterocycles. The van der Waals surface area contributed by atoms with Crippen LogP contribution < -0.4 is 10.6 Å². The molecule has 5 rings (SSSR count). The maximum atomic E-state index is 14.7. The van der Waals surface area contributed by atoms with Crippen LogP contribution in [0.15, 0.2) is 35.8 Å². The zero-order valence-electron chi connectivity index (χ0n) is 22.6. The van der Waals surface area contributed by atoms with Crippen molar-refractivity contribution in [1.29, 1.82) is 0 Å². The van der Waals surface area contributed by atoms with E-state index in [1.807, 2.05) is 24.1 Å². The number of halogens is 1. The van der Waals surface area contributed by atoms with E-state index < -0.39 is 11.9 Å². The number of carbonyl (C=O) groups is 2. The zero-order chi connectivity index (χ0) is 28.1. The van der Waals surface area contributed by atoms with Crippen LogP contribution in [0.1, 0.15) is 41.5 Å². The fraction of sp³-hybridized carbons (Fsp3) is 0.464. The summed E-state index contributed by atoms with van der Waals surface area (Å²) in [4.78, 5) is 33.3. The SMILES string of the molecule is CC(C)C(N[C@@H]1CNC[C@H](C(=O)N2CCOCC2)C1)C(=O)c1nnn(-c2ccccc2F)c1/C=C/c1nccs1. The highest BCUT2D eigenvalue weighted by atomic mass is 32.1. The minimum atomic E-state index is -0.582. The Bertz CT molecular complexity index is 1340. The lowest BCUT2D eigenvalue weighted by Gasteiger charge is -2.36. The third-order valence-corrected chi connectivity index (χ3v) is 7.98. The van der Waals surface area contributed by atoms with Crippen LogP contribution >= 0.6 is 11.3 Å². The molecule has 40 heavy (non-hydrogen) atoms. The van der Waals surface area contributed by atoms with Gasteiger partial charge in [0.05, 0.1) is 30.9 Å². The van der Waals surface area contributed by atoms with Gasteiger partial charge < -0.3 is 20.3 Å². The fourth-order valence-corrected chi connectivity index (χ4v) is 5.68. The maximum Gasteiger partial charge on any atom is 0.227 e. The summed E-state index contributed by atoms with van der Waals surface area (Å²) in [5, 5.41) is 17.9. The molecular formula is C28H34FN7O3S. The minimum Gasteiger partial charge on any atom is -0.378 e. The van der Waals surface area contributed by atoms with Crippen molar-refractivity contribution in [1.82, 2.24) is 35.5 Å². The van der Waals surface area contributed by atoms with Crippen molar-refractivity contribution in [2.24, 2.45) is 11.8 Å². The van der Waals surface area contributed by atoms with Gasteiger partial charge in [-0.15, -0.1) is 16.4 Å². The smallest absolute Gasteiger partial charge is 0.227 e. The molecule has 0 saturated carbocycles. The summed E-state index contributed by atoms with van der Waals surface area (Å²) in [6.07, 6.45) is 5.78. The van der Waals surface area contributed by atoms with Crippen molar-refractivity contribution < 1.29 is 18.7 Å². The van der Waals surface area contributed by atoms with Gasteiger partial charge in [-0.2, -0.15) is 0 Å². The molecule has 2 N–H and O–H groups in total. The molecule has 0 bridgehead atoms. The van der Waals surface area contributed by atoms with E-state index in [2.05, 4.69) is 25.9 Å². The van der Waals surface area contributed by atoms with Crippen LogP contribution in [-0.4, -0.2) is 88.0 Å². The quantitative estimate of drug-likeness (QED) is 0.380. The largest absolute Gasteiger partial charge is 0.378 e. The van der Waals surface area contributed by atoms with Gasteiger partial charge in [0.1, 0.15) is 16.5 Å². The van der Waals surface area contributed by atoms with Crippen LogP contribution in [0.5, 0.6) is 0 Å². The first kappa shape index (κ1) is 28.2. The fourth-order valence-electron chi connectivity index (χ4n) is 5.15. The van der Waals surface area contributed by atoms with Gasteiger partial charge in [-0.25, -0.2) is 14.1 Å². The highest BCUT2D eigenvalue weighted by Gasteiger charge is 2.35. The summed E-state index contributed by atoms with van der Waals surface area (Å²) in [6, 6.07) is 5.57. The number of aromatic nitrogens is 4. The number of carbonyl (C=O) groups excluding carboxylic acids is 2. The number of para-hydroxylation sites is 1. The lowest BCUT2D eigenvalue weighted by molar-refractivity contribution is -0.140. The van der Waals surface area contributed by atoms with Crippen LogP contribution in [0.4, 0.5) is 4.39 Å². The maximum absolute atomic E-state index is 14.7. The summed E-state index contributed by atoms with van der Waals surface area (Å²) in [5.74, 6) is -0.837. The van der Waals surface area contributed by atoms with Crippen LogP contribution in [0, 0.1) is 17.7 Å². The Labute approximate surface area is 236 Å². The molecule has 0 radical (unpaired) electrons. The standard InChI is InChI=1S/C28H34FN7O3S/c1-18(2)25(32-20-15-19(16-30-17-20)28(38)35-10-12-39-13-11-35)27(37)26-23(7-8-24-31-9-14-40-24)36(34-33-26)22-6-4-3-5-21(22)29/h3-9,14,18-20,25,30,32H,10-13,15-17H2,1-2H3/b8-7+/t19-,20+,25?/m1/s1. The van der Waals surface area contributed by atoms with Gasteiger partial charge in [0.15, 0.2) is 5.69 Å². The number of ether oxygens (including phenoxy) is 1. The van der Waals surface area contributed by atoms with Gasteiger partial charge >= 0.3 is 0 Å². The Balaban J connectivity index is 1.39. The molecule has 0 spiro atoms. The lowest BCUT2D eigenvalue weighted by Crippen LogP contribution is -2.56. The van der Waals surface area contributed by atoms with Gasteiger partial charge in [0.25, 0.3) is 0 Å². The number of thiazole rings is 1. The number of ketones is 1. The minimum absolute atomic E-state index is 0.0720. The van der Waals surface area contributed by atoms with Gasteiger partial charge in [-0.05, 0) is 36.6 Å². The average Bonchev–Trinajstić information content (AvgIpc) is 3.65. The van der Waals surface area contributed by atoms with Gasteiger partial charge in [0, 0.05) is 43.8 Å². The van der Waals surface area contributed by atoms with Crippen LogP contribution in [-0.2, 0) is 9.53 Å². The van der Waals surface area contributed by atoms with E-state index in [1.165, 1.54) is 22.1 Å². The van der Waals surface area contributed by atoms with E-state index in [1.54, 1.807) is 36.5 Å². The first-order valence-electron chi connectivity index (χ1n) is 13.6. The second kappa shape index (κ2) is 12.9. The van der Waals surface area contributed by atoms with Crippen molar-refractivity contribution in [3.05, 3.63) is 58.1 Å². The van der Waals surface area contributed by atoms with Crippen LogP contribution in [0.25, 0.3) is 17.8 Å². The molecule has 2 fully saturated rings. The third-order valence-electron chi connectivity index (χ3n) is 7.24. The predicted molar refractivity (Wildman–Crippen MR) is 151 cm³/mol. The highest BCUT2D eigenvalue weighted by Crippen LogP contribution is 2.23. The summed E-state index contributed by atoms with van der Waals surface area (Å²) in [7, 11) is 0. The number of piperidine rings is 1. The molecule has 1 unspecified atom stereocenters. The number of Topliss-reactive ketones (excluding diaryl/α,β-unsaturated/α-hetero) is 1. The molecule has 212 valence electrons. The number of hydrogen-bond acceptors (Lipinski definition) is 9. The van der Waals surface area contributed by atoms with E-state index in [-0.39, 0.29) is 40.9 Å². The van der Waals surface area contributed by atoms with Crippen molar-refractivity contribution >= 4 is 35.2 Å². The Morgan fingerprint density at radius 3 is 2.73 bits per heavy atom. The second-order valence-corrected chi connectivity index (χ2v) is 11.3. The van der Waals surface area contributed by atoms with Crippen molar-refractivity contribution in [3.63, 3.8) is 0 Å². The van der Waals surface area contributed by atoms with Crippen LogP contribution in [0.3, 0.4) is 0 Å². The van der Waals surface area contributed by atoms with Crippen molar-refractivity contribution in [2.75, 3.05) is 39.4 Å². The normalized spacial score (nSPS) is 20.8. The van der Waals surface area contributed by atoms with E-state index in [9.17, 15) is 14.0 Å². The first-order valence-corrected chi connectivity index (χ1v) is 14.5. The first-order chi connectivity index (χ1) is 19.4. The number of nitrogens with one attached hydrogen (secondary N) is 2. The molecule has 4 heterocycles. The van der Waals surface area contributed by atoms with E-state index in [0.717, 1.165) is 5.01 Å². The summed E-state index contributed by atoms with van der Waals surface area (Å²) in [6.45, 7) is 7.52. The highest BCUT2D eigenvalue weighted by molar-refractivity contribution is 7.10. The van der Waals surface area contributed by atoms with Gasteiger partial charge in [-0.3, -0.25) is 9.59 Å². The average molecular weight is 568 g/mol. The van der Waals surface area contributed by atoms with Gasteiger partial charge in [-0.1, -0.05) is 31.2 Å². The molecule has 1 aromatic carbocycles. The molecule has 2 aliphatic rings. The van der Waals surface area contributed by atoms with E-state index in [4.69, 9.17) is 4.74 Å². The molecule has 12 heteroatoms. The molecule has 2 aliphatic heterocycles. The lowest BCUT2D eigenvalue weighted by atomic mass is 9.90. The number of hydrogen-bond donors (Lipinski definition) is 2. The molecule has 3 aromatic rings. The summed E-state index contributed by atoms with van der Waals surface area (Å²) < 4.78 is 21.5. The van der Waals surface area contributed by atoms with Crippen LogP contribution in [0.2, 0.25) is 0 Å². The predicted octanol–water partition coefficient (Wildman–Crippen LogP) is 2.67. The Morgan fingerprint density at radius 2 is 2.00 bits per heavy atom. The Hall–Kier alpha value is -3.32. The molecule has 1 amide bonds. The molecule has 0 aliphatic carbocycles. The molecular weight excluding hydrogens is 533 g/mol. The van der Waals surface area contributed by atoms with E-state index >= 15 is 0 Å². The van der Waals surface area contributed by atoms with E-state index in [0.29, 0.717) is 51.5 Å². The number of amides is 1. The molecule has 2 saturated heterocycles. The number of morpholine rings is 1. The summed E-state index contributed by atoms with van der Waals surface area (Å²) >= 11 is 1.45. The Kier molecular flexibility index (Phi) is 9.10. The molecule has 10 nitrogen and oxygen atoms in total. The van der Waals surface area contributed by atoms with Gasteiger partial charge in [0.2, 0.25) is 11.7 Å². The number of benzene rings is 1. The van der Waals surface area contributed by atoms with Crippen molar-refractivity contribution in [3.8, 4) is 5.69 Å². The molecule has 3 atom stereocenters. The second-order valence-electron chi connectivity index (χ2n) is 10.4. The number of nitrogens with zero attached hydrogens (tertiary/aromatic N) is 5. The summed E-state index contributed by atoms with van der Waals surface area (Å²) in [5.41, 5.74) is 0.717. The topological polar surface area (TPSA) is 114 Å². The monoisotopic (exact) mass is 567 g/mol.